The van der Waals surface area contributed by atoms with Gasteiger partial charge >= 0.3 is 11.9 Å². The highest BCUT2D eigenvalue weighted by atomic mass is 35.5. The van der Waals surface area contributed by atoms with E-state index in [1.165, 1.54) is 13.0 Å². The van der Waals surface area contributed by atoms with E-state index in [-0.39, 0.29) is 42.2 Å². The van der Waals surface area contributed by atoms with Crippen molar-refractivity contribution in [2.75, 3.05) is 6.61 Å². The summed E-state index contributed by atoms with van der Waals surface area (Å²) in [7, 11) is 0. The van der Waals surface area contributed by atoms with Crippen LogP contribution < -0.4 is 0 Å². The molecule has 1 aromatic carbocycles. The summed E-state index contributed by atoms with van der Waals surface area (Å²) in [6.07, 6.45) is -0.474. The van der Waals surface area contributed by atoms with E-state index in [0.717, 1.165) is 11.0 Å². The molecule has 2 unspecified atom stereocenters. The lowest BCUT2D eigenvalue weighted by Gasteiger charge is -2.47. The number of carboxylic acids is 1. The fourth-order valence-corrected chi connectivity index (χ4v) is 4.88. The van der Waals surface area contributed by atoms with Crippen molar-refractivity contribution < 1.29 is 48.0 Å². The molecule has 0 aromatic heterocycles. The van der Waals surface area contributed by atoms with Crippen LogP contribution in [0.15, 0.2) is 17.3 Å². The number of β-lactam (4-membered cyclic amide) rings is 1. The van der Waals surface area contributed by atoms with E-state index in [1.54, 1.807) is 6.92 Å². The number of hydrogen-bond donors (Lipinski definition) is 4. The number of ether oxygens (including phenoxy) is 1. The van der Waals surface area contributed by atoms with Crippen LogP contribution in [0.4, 0.5) is 0 Å². The molecule has 0 spiro atoms. The Labute approximate surface area is 201 Å². The van der Waals surface area contributed by atoms with E-state index >= 15 is 0 Å². The number of aliphatic carboxylic acids is 1. The number of carbonyl (C=O) groups excluding carboxylic acids is 2. The highest BCUT2D eigenvalue weighted by Gasteiger charge is 2.57. The second-order valence-corrected chi connectivity index (χ2v) is 9.86. The summed E-state index contributed by atoms with van der Waals surface area (Å²) in [5.41, 5.74) is -0.169. The summed E-state index contributed by atoms with van der Waals surface area (Å²) in [5, 5.41) is 32.3. The zero-order valence-corrected chi connectivity index (χ0v) is 19.7. The fraction of sp³-hybridized carbons (Fsp3) is 0.500. The Kier molecular flexibility index (Phi) is 7.38. The SMILES string of the molecule is C[C@@H]1CC(=O)N1[C@@H](C(=O)O)[C@](C)(C1=NOC(CCOC(=O)c2ccc(O)c(O)c2Cl)C1)S(=O)O. The molecule has 5 atom stereocenters. The second-order valence-electron chi connectivity index (χ2n) is 8.14. The second kappa shape index (κ2) is 9.76. The number of likely N-dealkylation sites (tertiary alicyclic amines) is 1. The maximum Gasteiger partial charge on any atom is 0.339 e. The van der Waals surface area contributed by atoms with Crippen LogP contribution in [0.25, 0.3) is 0 Å². The lowest BCUT2D eigenvalue weighted by molar-refractivity contribution is -0.161. The Balaban J connectivity index is 1.65. The highest BCUT2D eigenvalue weighted by Crippen LogP contribution is 2.37. The summed E-state index contributed by atoms with van der Waals surface area (Å²) in [6.45, 7) is 2.71. The van der Waals surface area contributed by atoms with Crippen LogP contribution in [0.3, 0.4) is 0 Å². The first-order valence-electron chi connectivity index (χ1n) is 10.1. The number of benzene rings is 1. The number of phenolic OH excluding ortho intramolecular Hbond substituents is 2. The average molecular weight is 519 g/mol. The Morgan fingerprint density at radius 1 is 1.38 bits per heavy atom. The topological polar surface area (TPSA) is 183 Å². The van der Waals surface area contributed by atoms with Gasteiger partial charge in [0.2, 0.25) is 5.91 Å². The molecule has 186 valence electrons. The predicted octanol–water partition coefficient (Wildman–Crippen LogP) is 1.50. The van der Waals surface area contributed by atoms with Gasteiger partial charge in [-0.1, -0.05) is 16.8 Å². The largest absolute Gasteiger partial charge is 0.504 e. The van der Waals surface area contributed by atoms with Gasteiger partial charge in [0.1, 0.15) is 15.9 Å². The van der Waals surface area contributed by atoms with Gasteiger partial charge < -0.3 is 34.3 Å². The van der Waals surface area contributed by atoms with Crippen molar-refractivity contribution in [2.45, 2.75) is 56.0 Å². The molecule has 14 heteroatoms. The van der Waals surface area contributed by atoms with E-state index in [0.29, 0.717) is 0 Å². The van der Waals surface area contributed by atoms with Crippen LogP contribution in [0.2, 0.25) is 5.02 Å². The normalized spacial score (nSPS) is 23.2. The molecule has 4 N–H and O–H groups in total. The number of carboxylic acid groups (broad SMARTS) is 1. The van der Waals surface area contributed by atoms with Crippen molar-refractivity contribution in [3.63, 3.8) is 0 Å². The standard InChI is InChI=1S/C20H23ClN2O10S/c1-9-7-14(25)23(9)17(18(27)28)20(2,34(30)31)13-8-10(33-22-13)5-6-32-19(29)11-3-4-12(24)16(26)15(11)21/h3-4,9-10,17,24,26H,5-8H2,1-2H3,(H,27,28)(H,30,31)/t9-,10?,17+,20+/m1/s1. The number of hydrogen-bond acceptors (Lipinski definition) is 9. The third-order valence-electron chi connectivity index (χ3n) is 5.92. The van der Waals surface area contributed by atoms with Gasteiger partial charge in [-0.2, -0.15) is 0 Å². The van der Waals surface area contributed by atoms with Gasteiger partial charge in [0.15, 0.2) is 28.6 Å². The molecule has 1 fully saturated rings. The van der Waals surface area contributed by atoms with E-state index in [9.17, 15) is 38.5 Å². The highest BCUT2D eigenvalue weighted by molar-refractivity contribution is 7.81. The minimum Gasteiger partial charge on any atom is -0.504 e. The van der Waals surface area contributed by atoms with E-state index in [1.807, 2.05) is 0 Å². The van der Waals surface area contributed by atoms with E-state index in [2.05, 4.69) is 5.16 Å². The minimum atomic E-state index is -2.72. The number of carbonyl (C=O) groups is 3. The van der Waals surface area contributed by atoms with Crippen molar-refractivity contribution in [1.29, 1.82) is 0 Å². The number of aromatic hydroxyl groups is 2. The molecule has 2 aliphatic heterocycles. The molecule has 1 aromatic rings. The van der Waals surface area contributed by atoms with E-state index in [4.69, 9.17) is 21.2 Å². The first-order valence-corrected chi connectivity index (χ1v) is 11.6. The van der Waals surface area contributed by atoms with Gasteiger partial charge in [0.25, 0.3) is 0 Å². The summed E-state index contributed by atoms with van der Waals surface area (Å²) >= 11 is 3.12. The molecule has 12 nitrogen and oxygen atoms in total. The molecule has 1 saturated heterocycles. The maximum atomic E-state index is 12.3. The van der Waals surface area contributed by atoms with Crippen molar-refractivity contribution in [3.8, 4) is 11.5 Å². The van der Waals surface area contributed by atoms with Gasteiger partial charge in [-0.15, -0.1) is 0 Å². The Morgan fingerprint density at radius 2 is 2.06 bits per heavy atom. The zero-order valence-electron chi connectivity index (χ0n) is 18.1. The van der Waals surface area contributed by atoms with Gasteiger partial charge in [-0.3, -0.25) is 4.79 Å². The lowest BCUT2D eigenvalue weighted by atomic mass is 9.86. The monoisotopic (exact) mass is 518 g/mol. The van der Waals surface area contributed by atoms with Crippen LogP contribution in [0.5, 0.6) is 11.5 Å². The van der Waals surface area contributed by atoms with Gasteiger partial charge in [-0.05, 0) is 26.0 Å². The van der Waals surface area contributed by atoms with Crippen LogP contribution in [0, 0.1) is 0 Å². The third kappa shape index (κ3) is 4.55. The molecule has 1 amide bonds. The Hall–Kier alpha value is -2.90. The molecule has 0 saturated carbocycles. The molecule has 0 bridgehead atoms. The molecule has 2 aliphatic rings. The van der Waals surface area contributed by atoms with Crippen LogP contribution >= 0.6 is 11.6 Å². The van der Waals surface area contributed by atoms with Crippen molar-refractivity contribution in [1.82, 2.24) is 4.90 Å². The first-order chi connectivity index (χ1) is 15.9. The van der Waals surface area contributed by atoms with Crippen LogP contribution in [-0.2, 0) is 30.2 Å². The number of amides is 1. The lowest BCUT2D eigenvalue weighted by Crippen LogP contribution is -2.68. The molecule has 34 heavy (non-hydrogen) atoms. The number of rotatable bonds is 9. The average Bonchev–Trinajstić information content (AvgIpc) is 3.24. The summed E-state index contributed by atoms with van der Waals surface area (Å²) in [4.78, 5) is 42.6. The molecule has 2 heterocycles. The molecular formula is C20H23ClN2O10S. The van der Waals surface area contributed by atoms with Crippen molar-refractivity contribution >= 4 is 46.2 Å². The predicted molar refractivity (Wildman–Crippen MR) is 118 cm³/mol. The number of esters is 1. The minimum absolute atomic E-state index is 0.00420. The third-order valence-corrected chi connectivity index (χ3v) is 7.49. The first kappa shape index (κ1) is 25.7. The van der Waals surface area contributed by atoms with Gasteiger partial charge in [0, 0.05) is 25.3 Å². The number of phenols is 2. The van der Waals surface area contributed by atoms with E-state index < -0.39 is 63.4 Å². The van der Waals surface area contributed by atoms with Gasteiger partial charge in [-0.25, -0.2) is 13.8 Å². The van der Waals surface area contributed by atoms with Gasteiger partial charge in [0.05, 0.1) is 17.9 Å². The molecule has 0 radical (unpaired) electrons. The summed E-state index contributed by atoms with van der Waals surface area (Å²) in [5.74, 6) is -3.91. The summed E-state index contributed by atoms with van der Waals surface area (Å²) in [6, 6.07) is 0.217. The Morgan fingerprint density at radius 3 is 2.62 bits per heavy atom. The zero-order chi connectivity index (χ0) is 25.4. The smallest absolute Gasteiger partial charge is 0.339 e. The number of nitrogens with zero attached hydrogens (tertiary/aromatic N) is 2. The molecular weight excluding hydrogens is 496 g/mol. The number of oxime groups is 1. The van der Waals surface area contributed by atoms with Crippen LogP contribution in [-0.4, -0.2) is 82.1 Å². The van der Waals surface area contributed by atoms with Crippen molar-refractivity contribution in [2.24, 2.45) is 5.16 Å². The number of halogens is 1. The molecule has 3 rings (SSSR count). The Bertz CT molecular complexity index is 1080. The summed E-state index contributed by atoms with van der Waals surface area (Å²) < 4.78 is 25.5. The molecule has 0 aliphatic carbocycles. The van der Waals surface area contributed by atoms with Crippen LogP contribution in [0.1, 0.15) is 43.5 Å². The fourth-order valence-electron chi connectivity index (χ4n) is 3.91. The quantitative estimate of drug-likeness (QED) is 0.162. The maximum absolute atomic E-state index is 12.3. The van der Waals surface area contributed by atoms with Crippen molar-refractivity contribution in [3.05, 3.63) is 22.7 Å².